The molecule has 2 atom stereocenters. The van der Waals surface area contributed by atoms with E-state index in [-0.39, 0.29) is 24.6 Å². The zero-order valence-electron chi connectivity index (χ0n) is 19.3. The molecule has 2 aromatic carbocycles. The summed E-state index contributed by atoms with van der Waals surface area (Å²) < 4.78 is 16.6. The first kappa shape index (κ1) is 22.5. The van der Waals surface area contributed by atoms with E-state index >= 15 is 0 Å². The molecule has 3 aliphatic rings. The third kappa shape index (κ3) is 3.96. The number of Topliss-reactive ketones (excluding diaryl/α,β-unsaturated/α-hetero) is 1. The van der Waals surface area contributed by atoms with Crippen molar-refractivity contribution in [3.63, 3.8) is 0 Å². The molecular formula is C27H26ClNO5. The van der Waals surface area contributed by atoms with Crippen LogP contribution in [0.15, 0.2) is 65.0 Å². The number of carbonyl (C=O) groups is 2. The van der Waals surface area contributed by atoms with Crippen LogP contribution in [0.5, 0.6) is 11.5 Å². The Morgan fingerprint density at radius 3 is 2.53 bits per heavy atom. The highest BCUT2D eigenvalue weighted by Crippen LogP contribution is 2.49. The van der Waals surface area contributed by atoms with Crippen molar-refractivity contribution in [3.05, 3.63) is 81.2 Å². The van der Waals surface area contributed by atoms with Crippen molar-refractivity contribution >= 4 is 23.4 Å². The normalized spacial score (nSPS) is 21.5. The van der Waals surface area contributed by atoms with Crippen molar-refractivity contribution in [3.8, 4) is 11.5 Å². The molecule has 0 saturated carbocycles. The molecule has 0 aromatic heterocycles. The average Bonchev–Trinajstić information content (AvgIpc) is 3.24. The predicted octanol–water partition coefficient (Wildman–Crippen LogP) is 5.38. The van der Waals surface area contributed by atoms with Gasteiger partial charge >= 0.3 is 5.97 Å². The monoisotopic (exact) mass is 479 g/mol. The highest BCUT2D eigenvalue weighted by atomic mass is 35.5. The van der Waals surface area contributed by atoms with Gasteiger partial charge < -0.3 is 19.5 Å². The minimum atomic E-state index is -0.659. The summed E-state index contributed by atoms with van der Waals surface area (Å²) >= 11 is 6.70. The van der Waals surface area contributed by atoms with Gasteiger partial charge in [0.25, 0.3) is 0 Å². The minimum absolute atomic E-state index is 0.0105. The van der Waals surface area contributed by atoms with Crippen LogP contribution in [0, 0.1) is 0 Å². The van der Waals surface area contributed by atoms with Crippen molar-refractivity contribution in [2.75, 3.05) is 6.79 Å². The molecule has 6 nitrogen and oxygen atoms in total. The maximum absolute atomic E-state index is 13.7. The van der Waals surface area contributed by atoms with Crippen LogP contribution in [0.25, 0.3) is 0 Å². The molecule has 2 heterocycles. The highest BCUT2D eigenvalue weighted by molar-refractivity contribution is 6.32. The lowest BCUT2D eigenvalue weighted by molar-refractivity contribution is -0.143. The lowest BCUT2D eigenvalue weighted by atomic mass is 9.71. The van der Waals surface area contributed by atoms with Crippen LogP contribution in [-0.4, -0.2) is 24.6 Å². The van der Waals surface area contributed by atoms with E-state index in [9.17, 15) is 9.59 Å². The van der Waals surface area contributed by atoms with Crippen molar-refractivity contribution in [1.82, 2.24) is 5.32 Å². The zero-order valence-corrected chi connectivity index (χ0v) is 20.1. The summed E-state index contributed by atoms with van der Waals surface area (Å²) in [5.41, 5.74) is 4.18. The Morgan fingerprint density at radius 1 is 1.12 bits per heavy atom. The molecular weight excluding hydrogens is 454 g/mol. The van der Waals surface area contributed by atoms with E-state index in [1.165, 1.54) is 0 Å². The molecule has 0 bridgehead atoms. The summed E-state index contributed by atoms with van der Waals surface area (Å²) in [6.07, 6.45) is 0.711. The van der Waals surface area contributed by atoms with E-state index in [0.717, 1.165) is 11.3 Å². The van der Waals surface area contributed by atoms with Crippen LogP contribution in [0.1, 0.15) is 56.6 Å². The molecule has 2 aliphatic heterocycles. The number of allylic oxidation sites excluding steroid dienone is 3. The number of rotatable bonds is 4. The number of halogens is 1. The van der Waals surface area contributed by atoms with Gasteiger partial charge in [0.05, 0.1) is 11.7 Å². The van der Waals surface area contributed by atoms with E-state index < -0.39 is 11.9 Å². The van der Waals surface area contributed by atoms with Gasteiger partial charge in [-0.15, -0.1) is 0 Å². The van der Waals surface area contributed by atoms with Crippen molar-refractivity contribution < 1.29 is 23.8 Å². The molecule has 0 spiro atoms. The summed E-state index contributed by atoms with van der Waals surface area (Å²) in [7, 11) is 0. The smallest absolute Gasteiger partial charge is 0.337 e. The SMILES string of the molecule is CC1=C(C(=O)OC(C)C)C(c2cc3c(cc2Cl)OCO3)C2=C(CC(c3ccccc3)CC2=O)N1. The lowest BCUT2D eigenvalue weighted by Crippen LogP contribution is -2.36. The molecule has 0 fully saturated rings. The summed E-state index contributed by atoms with van der Waals surface area (Å²) in [4.78, 5) is 26.9. The van der Waals surface area contributed by atoms with Crippen LogP contribution in [0.4, 0.5) is 0 Å². The Balaban J connectivity index is 1.64. The lowest BCUT2D eigenvalue weighted by Gasteiger charge is -2.37. The quantitative estimate of drug-likeness (QED) is 0.593. The van der Waals surface area contributed by atoms with Gasteiger partial charge in [0.15, 0.2) is 17.3 Å². The number of carbonyl (C=O) groups excluding carboxylic acids is 2. The highest BCUT2D eigenvalue weighted by Gasteiger charge is 2.42. The topological polar surface area (TPSA) is 73.9 Å². The standard InChI is InChI=1S/C27H26ClNO5/c1-14(2)34-27(31)24-15(3)29-20-9-17(16-7-5-4-6-8-16)10-21(30)26(20)25(24)18-11-22-23(12-19(18)28)33-13-32-22/h4-8,11-12,14,17,25,29H,9-10,13H2,1-3H3. The number of ketones is 1. The van der Waals surface area contributed by atoms with Gasteiger partial charge in [-0.1, -0.05) is 41.9 Å². The van der Waals surface area contributed by atoms with E-state index in [4.69, 9.17) is 25.8 Å². The second-order valence-corrected chi connectivity index (χ2v) is 9.52. The molecule has 7 heteroatoms. The number of hydrogen-bond donors (Lipinski definition) is 1. The number of benzene rings is 2. The second-order valence-electron chi connectivity index (χ2n) is 9.11. The van der Waals surface area contributed by atoms with Gasteiger partial charge in [-0.2, -0.15) is 0 Å². The van der Waals surface area contributed by atoms with Crippen LogP contribution in [0.2, 0.25) is 5.02 Å². The zero-order chi connectivity index (χ0) is 24.0. The van der Waals surface area contributed by atoms with Gasteiger partial charge in [0.2, 0.25) is 6.79 Å². The number of esters is 1. The van der Waals surface area contributed by atoms with Gasteiger partial charge in [-0.25, -0.2) is 4.79 Å². The number of dihydropyridines is 1. The Labute approximate surface area is 203 Å². The van der Waals surface area contributed by atoms with Crippen LogP contribution in [0.3, 0.4) is 0 Å². The van der Waals surface area contributed by atoms with E-state index in [1.807, 2.05) is 37.3 Å². The third-order valence-corrected chi connectivity index (χ3v) is 6.79. The minimum Gasteiger partial charge on any atom is -0.460 e. The molecule has 2 aromatic rings. The van der Waals surface area contributed by atoms with Crippen molar-refractivity contribution in [1.29, 1.82) is 0 Å². The Morgan fingerprint density at radius 2 is 1.82 bits per heavy atom. The Hall–Kier alpha value is -3.25. The third-order valence-electron chi connectivity index (χ3n) is 6.46. The average molecular weight is 480 g/mol. The van der Waals surface area contributed by atoms with Gasteiger partial charge in [0, 0.05) is 40.4 Å². The summed E-state index contributed by atoms with van der Waals surface area (Å²) in [6, 6.07) is 13.5. The first-order chi connectivity index (χ1) is 16.3. The fourth-order valence-electron chi connectivity index (χ4n) is 5.01. The Bertz CT molecular complexity index is 1230. The molecule has 0 radical (unpaired) electrons. The largest absolute Gasteiger partial charge is 0.460 e. The maximum Gasteiger partial charge on any atom is 0.337 e. The van der Waals surface area contributed by atoms with Crippen molar-refractivity contribution in [2.45, 2.75) is 51.6 Å². The number of fused-ring (bicyclic) bond motifs is 1. The van der Waals surface area contributed by atoms with Gasteiger partial charge in [0.1, 0.15) is 0 Å². The first-order valence-electron chi connectivity index (χ1n) is 11.4. The second kappa shape index (κ2) is 8.84. The van der Waals surface area contributed by atoms with Crippen LogP contribution in [-0.2, 0) is 14.3 Å². The molecule has 0 amide bonds. The Kier molecular flexibility index (Phi) is 5.86. The number of ether oxygens (including phenoxy) is 3. The van der Waals surface area contributed by atoms with Crippen molar-refractivity contribution in [2.24, 2.45) is 0 Å². The molecule has 34 heavy (non-hydrogen) atoms. The molecule has 5 rings (SSSR count). The molecule has 1 N–H and O–H groups in total. The molecule has 176 valence electrons. The van der Waals surface area contributed by atoms with E-state index in [0.29, 0.717) is 51.8 Å². The summed E-state index contributed by atoms with van der Waals surface area (Å²) in [5, 5.41) is 3.77. The molecule has 2 unspecified atom stereocenters. The fraction of sp³-hybridized carbons (Fsp3) is 0.333. The first-order valence-corrected chi connectivity index (χ1v) is 11.8. The predicted molar refractivity (Wildman–Crippen MR) is 128 cm³/mol. The van der Waals surface area contributed by atoms with Gasteiger partial charge in [-0.05, 0) is 50.3 Å². The summed E-state index contributed by atoms with van der Waals surface area (Å²) in [6.45, 7) is 5.54. The maximum atomic E-state index is 13.7. The molecule has 0 saturated heterocycles. The fourth-order valence-corrected chi connectivity index (χ4v) is 5.28. The summed E-state index contributed by atoms with van der Waals surface area (Å²) in [5.74, 6) is 0.00760. The van der Waals surface area contributed by atoms with Crippen LogP contribution >= 0.6 is 11.6 Å². The molecule has 1 aliphatic carbocycles. The van der Waals surface area contributed by atoms with Gasteiger partial charge in [-0.3, -0.25) is 4.79 Å². The number of nitrogens with one attached hydrogen (secondary N) is 1. The van der Waals surface area contributed by atoms with Crippen LogP contribution < -0.4 is 14.8 Å². The van der Waals surface area contributed by atoms with E-state index in [1.54, 1.807) is 26.0 Å². The number of hydrogen-bond acceptors (Lipinski definition) is 6. The van der Waals surface area contributed by atoms with E-state index in [2.05, 4.69) is 5.32 Å².